The third-order valence-electron chi connectivity index (χ3n) is 3.54. The zero-order chi connectivity index (χ0) is 15.0. The van der Waals surface area contributed by atoms with Gasteiger partial charge in [0.15, 0.2) is 11.6 Å². The van der Waals surface area contributed by atoms with E-state index in [9.17, 15) is 23.5 Å². The third kappa shape index (κ3) is 2.26. The zero-order valence-electron chi connectivity index (χ0n) is 11.1. The van der Waals surface area contributed by atoms with Gasteiger partial charge < -0.3 is 10.0 Å². The predicted molar refractivity (Wildman–Crippen MR) is 66.8 cm³/mol. The van der Waals surface area contributed by atoms with Crippen LogP contribution < -0.4 is 0 Å². The Morgan fingerprint density at radius 2 is 2.05 bits per heavy atom. The fourth-order valence-corrected chi connectivity index (χ4v) is 2.70. The van der Waals surface area contributed by atoms with E-state index in [1.165, 1.54) is 17.0 Å². The summed E-state index contributed by atoms with van der Waals surface area (Å²) in [4.78, 5) is 24.6. The van der Waals surface area contributed by atoms with Crippen molar-refractivity contribution in [2.45, 2.75) is 32.4 Å². The van der Waals surface area contributed by atoms with Gasteiger partial charge in [-0.15, -0.1) is 0 Å². The molecule has 20 heavy (non-hydrogen) atoms. The van der Waals surface area contributed by atoms with Crippen LogP contribution in [-0.2, 0) is 9.59 Å². The SMILES string of the molecule is CC(C)N1C(=O)CC(C(=O)O)C1c1cccc(F)c1F. The molecule has 1 heterocycles. The van der Waals surface area contributed by atoms with Gasteiger partial charge in [-0.2, -0.15) is 0 Å². The monoisotopic (exact) mass is 283 g/mol. The Labute approximate surface area is 115 Å². The van der Waals surface area contributed by atoms with Crippen LogP contribution in [0.3, 0.4) is 0 Å². The van der Waals surface area contributed by atoms with Gasteiger partial charge in [0, 0.05) is 18.0 Å². The summed E-state index contributed by atoms with van der Waals surface area (Å²) >= 11 is 0. The molecule has 2 rings (SSSR count). The van der Waals surface area contributed by atoms with Crippen LogP contribution in [0.5, 0.6) is 0 Å². The van der Waals surface area contributed by atoms with Crippen molar-refractivity contribution >= 4 is 11.9 Å². The summed E-state index contributed by atoms with van der Waals surface area (Å²) in [6.07, 6.45) is -0.200. The number of carbonyl (C=O) groups excluding carboxylic acids is 1. The van der Waals surface area contributed by atoms with Gasteiger partial charge in [-0.1, -0.05) is 12.1 Å². The Hall–Kier alpha value is -1.98. The summed E-state index contributed by atoms with van der Waals surface area (Å²) in [6.45, 7) is 3.43. The second-order valence-corrected chi connectivity index (χ2v) is 5.13. The zero-order valence-corrected chi connectivity index (χ0v) is 11.1. The number of aliphatic carboxylic acids is 1. The summed E-state index contributed by atoms with van der Waals surface area (Å²) in [7, 11) is 0. The van der Waals surface area contributed by atoms with Crippen LogP contribution in [0.15, 0.2) is 18.2 Å². The maximum Gasteiger partial charge on any atom is 0.309 e. The third-order valence-corrected chi connectivity index (χ3v) is 3.54. The van der Waals surface area contributed by atoms with Crippen LogP contribution in [0.25, 0.3) is 0 Å². The molecule has 1 N–H and O–H groups in total. The lowest BCUT2D eigenvalue weighted by Gasteiger charge is -2.30. The van der Waals surface area contributed by atoms with Crippen molar-refractivity contribution in [2.75, 3.05) is 0 Å². The van der Waals surface area contributed by atoms with Gasteiger partial charge in [0.25, 0.3) is 0 Å². The molecule has 2 unspecified atom stereocenters. The Morgan fingerprint density at radius 1 is 1.40 bits per heavy atom. The van der Waals surface area contributed by atoms with Gasteiger partial charge in [0.1, 0.15) is 0 Å². The Balaban J connectivity index is 2.55. The summed E-state index contributed by atoms with van der Waals surface area (Å²) in [5.74, 6) is -4.75. The average Bonchev–Trinajstić information content (AvgIpc) is 2.70. The van der Waals surface area contributed by atoms with E-state index in [4.69, 9.17) is 0 Å². The van der Waals surface area contributed by atoms with Gasteiger partial charge >= 0.3 is 5.97 Å². The van der Waals surface area contributed by atoms with Crippen molar-refractivity contribution in [1.82, 2.24) is 4.90 Å². The van der Waals surface area contributed by atoms with E-state index < -0.39 is 29.6 Å². The standard InChI is InChI=1S/C14H15F2NO3/c1-7(2)17-11(18)6-9(14(19)20)13(17)8-4-3-5-10(15)12(8)16/h3-5,7,9,13H,6H2,1-2H3,(H,19,20). The van der Waals surface area contributed by atoms with E-state index in [0.29, 0.717) is 0 Å². The summed E-state index contributed by atoms with van der Waals surface area (Å²) in [6, 6.07) is 2.33. The minimum absolute atomic E-state index is 0.0862. The van der Waals surface area contributed by atoms with Crippen molar-refractivity contribution in [3.63, 3.8) is 0 Å². The number of hydrogen-bond acceptors (Lipinski definition) is 2. The molecule has 0 aromatic heterocycles. The van der Waals surface area contributed by atoms with Crippen LogP contribution in [0.2, 0.25) is 0 Å². The molecule has 0 saturated carbocycles. The second-order valence-electron chi connectivity index (χ2n) is 5.13. The molecule has 1 aliphatic rings. The molecule has 1 aromatic carbocycles. The van der Waals surface area contributed by atoms with Crippen LogP contribution in [-0.4, -0.2) is 27.9 Å². The molecule has 6 heteroatoms. The number of rotatable bonds is 3. The molecule has 1 aliphatic heterocycles. The van der Waals surface area contributed by atoms with Gasteiger partial charge in [-0.25, -0.2) is 8.78 Å². The van der Waals surface area contributed by atoms with E-state index in [1.807, 2.05) is 0 Å². The quantitative estimate of drug-likeness (QED) is 0.926. The first kappa shape index (κ1) is 14.4. The van der Waals surface area contributed by atoms with E-state index in [0.717, 1.165) is 6.07 Å². The number of carboxylic acids is 1. The lowest BCUT2D eigenvalue weighted by atomic mass is 9.93. The number of halogens is 2. The Kier molecular flexibility index (Phi) is 3.74. The van der Waals surface area contributed by atoms with E-state index in [1.54, 1.807) is 13.8 Å². The fourth-order valence-electron chi connectivity index (χ4n) is 2.70. The molecular weight excluding hydrogens is 268 g/mol. The molecule has 4 nitrogen and oxygen atoms in total. The van der Waals surface area contributed by atoms with Crippen LogP contribution in [0.4, 0.5) is 8.78 Å². The number of benzene rings is 1. The summed E-state index contributed by atoms with van der Waals surface area (Å²) in [5, 5.41) is 9.23. The van der Waals surface area contributed by atoms with Crippen molar-refractivity contribution in [1.29, 1.82) is 0 Å². The largest absolute Gasteiger partial charge is 0.481 e. The molecule has 2 atom stereocenters. The molecule has 0 radical (unpaired) electrons. The molecule has 0 bridgehead atoms. The first-order valence-corrected chi connectivity index (χ1v) is 6.32. The number of amides is 1. The minimum atomic E-state index is -1.19. The van der Waals surface area contributed by atoms with Crippen molar-refractivity contribution < 1.29 is 23.5 Å². The van der Waals surface area contributed by atoms with E-state index in [2.05, 4.69) is 0 Å². The predicted octanol–water partition coefficient (Wildman–Crippen LogP) is 2.35. The van der Waals surface area contributed by atoms with Crippen LogP contribution in [0.1, 0.15) is 31.9 Å². The number of carbonyl (C=O) groups is 2. The summed E-state index contributed by atoms with van der Waals surface area (Å²) < 4.78 is 27.3. The van der Waals surface area contributed by atoms with Crippen molar-refractivity contribution in [3.8, 4) is 0 Å². The number of nitrogens with zero attached hydrogens (tertiary/aromatic N) is 1. The first-order chi connectivity index (χ1) is 9.34. The maximum absolute atomic E-state index is 13.9. The molecule has 1 amide bonds. The number of likely N-dealkylation sites (tertiary alicyclic amines) is 1. The molecule has 108 valence electrons. The highest BCUT2D eigenvalue weighted by molar-refractivity contribution is 5.87. The molecule has 0 spiro atoms. The smallest absolute Gasteiger partial charge is 0.309 e. The maximum atomic E-state index is 13.9. The minimum Gasteiger partial charge on any atom is -0.481 e. The van der Waals surface area contributed by atoms with Crippen molar-refractivity contribution in [2.24, 2.45) is 5.92 Å². The van der Waals surface area contributed by atoms with Gasteiger partial charge in [-0.05, 0) is 19.9 Å². The average molecular weight is 283 g/mol. The van der Waals surface area contributed by atoms with Gasteiger partial charge in [-0.3, -0.25) is 9.59 Å². The highest BCUT2D eigenvalue weighted by Crippen LogP contribution is 2.40. The Morgan fingerprint density at radius 3 is 2.60 bits per heavy atom. The first-order valence-electron chi connectivity index (χ1n) is 6.32. The fraction of sp³-hybridized carbons (Fsp3) is 0.429. The lowest BCUT2D eigenvalue weighted by molar-refractivity contribution is -0.142. The Bertz CT molecular complexity index is 559. The van der Waals surface area contributed by atoms with Crippen molar-refractivity contribution in [3.05, 3.63) is 35.4 Å². The summed E-state index contributed by atoms with van der Waals surface area (Å²) in [5.41, 5.74) is -0.0862. The molecular formula is C14H15F2NO3. The van der Waals surface area contributed by atoms with E-state index in [-0.39, 0.29) is 23.9 Å². The number of hydrogen-bond donors (Lipinski definition) is 1. The molecule has 1 saturated heterocycles. The molecule has 0 aliphatic carbocycles. The van der Waals surface area contributed by atoms with Gasteiger partial charge in [0.05, 0.1) is 12.0 Å². The lowest BCUT2D eigenvalue weighted by Crippen LogP contribution is -2.36. The highest BCUT2D eigenvalue weighted by atomic mass is 19.2. The molecule has 1 aromatic rings. The second kappa shape index (κ2) is 5.19. The van der Waals surface area contributed by atoms with Crippen LogP contribution in [0, 0.1) is 17.6 Å². The highest BCUT2D eigenvalue weighted by Gasteiger charge is 2.46. The normalized spacial score (nSPS) is 22.6. The topological polar surface area (TPSA) is 57.6 Å². The van der Waals surface area contributed by atoms with Crippen LogP contribution >= 0.6 is 0 Å². The van der Waals surface area contributed by atoms with Gasteiger partial charge in [0.2, 0.25) is 5.91 Å². The van der Waals surface area contributed by atoms with E-state index >= 15 is 0 Å². The molecule has 1 fully saturated rings. The number of carboxylic acid groups (broad SMARTS) is 1.